The fourth-order valence-electron chi connectivity index (χ4n) is 4.42. The Balaban J connectivity index is 1.29. The van der Waals surface area contributed by atoms with Gasteiger partial charge in [-0.15, -0.1) is 11.3 Å². The van der Waals surface area contributed by atoms with Gasteiger partial charge in [0.25, 0.3) is 5.91 Å². The van der Waals surface area contributed by atoms with Crippen molar-refractivity contribution in [2.75, 3.05) is 31.1 Å². The molecule has 0 unspecified atom stereocenters. The number of thiophene rings is 1. The van der Waals surface area contributed by atoms with Crippen LogP contribution in [-0.4, -0.2) is 61.7 Å². The number of aromatic nitrogens is 5. The zero-order chi connectivity index (χ0) is 23.2. The molecular weight excluding hydrogens is 470 g/mol. The summed E-state index contributed by atoms with van der Waals surface area (Å²) >= 11 is 7.61. The van der Waals surface area contributed by atoms with Crippen molar-refractivity contribution < 1.29 is 4.79 Å². The molecule has 1 aliphatic rings. The van der Waals surface area contributed by atoms with Crippen LogP contribution in [-0.2, 0) is 7.05 Å². The van der Waals surface area contributed by atoms with Crippen LogP contribution >= 0.6 is 22.9 Å². The minimum absolute atomic E-state index is 0.0105. The Morgan fingerprint density at radius 1 is 1.03 bits per heavy atom. The van der Waals surface area contributed by atoms with Gasteiger partial charge >= 0.3 is 0 Å². The van der Waals surface area contributed by atoms with Crippen LogP contribution in [0.25, 0.3) is 32.5 Å². The molecule has 6 rings (SSSR count). The number of pyridine rings is 1. The average molecular weight is 490 g/mol. The molecule has 1 aromatic carbocycles. The first kappa shape index (κ1) is 21.0. The predicted octanol–water partition coefficient (Wildman–Crippen LogP) is 4.26. The number of carbonyl (C=O) groups excluding carboxylic acids is 1. The highest BCUT2D eigenvalue weighted by Crippen LogP contribution is 2.33. The quantitative estimate of drug-likeness (QED) is 0.377. The van der Waals surface area contributed by atoms with Gasteiger partial charge in [-0.1, -0.05) is 29.8 Å². The Morgan fingerprint density at radius 2 is 1.85 bits per heavy atom. The number of hydrogen-bond acceptors (Lipinski definition) is 7. The molecule has 0 radical (unpaired) electrons. The van der Waals surface area contributed by atoms with E-state index in [0.29, 0.717) is 36.1 Å². The first-order valence-electron chi connectivity index (χ1n) is 10.9. The molecule has 0 atom stereocenters. The van der Waals surface area contributed by atoms with Crippen LogP contribution in [0.15, 0.2) is 55.0 Å². The summed E-state index contributed by atoms with van der Waals surface area (Å²) in [4.78, 5) is 32.3. The zero-order valence-electron chi connectivity index (χ0n) is 18.3. The second-order valence-electron chi connectivity index (χ2n) is 8.16. The summed E-state index contributed by atoms with van der Waals surface area (Å²) in [6.07, 6.45) is 3.36. The van der Waals surface area contributed by atoms with Gasteiger partial charge < -0.3 is 9.80 Å². The largest absolute Gasteiger partial charge is 0.352 e. The summed E-state index contributed by atoms with van der Waals surface area (Å²) in [5.74, 6) is 0.868. The molecule has 0 bridgehead atoms. The van der Waals surface area contributed by atoms with Gasteiger partial charge in [-0.3, -0.25) is 9.48 Å². The maximum atomic E-state index is 13.7. The monoisotopic (exact) mass is 489 g/mol. The van der Waals surface area contributed by atoms with Gasteiger partial charge in [0.1, 0.15) is 12.1 Å². The van der Waals surface area contributed by atoms with Gasteiger partial charge in [0.2, 0.25) is 0 Å². The lowest BCUT2D eigenvalue weighted by molar-refractivity contribution is 0.0748. The van der Waals surface area contributed by atoms with Crippen molar-refractivity contribution >= 4 is 56.6 Å². The van der Waals surface area contributed by atoms with E-state index in [0.717, 1.165) is 38.3 Å². The number of para-hydroxylation sites is 1. The van der Waals surface area contributed by atoms with E-state index in [9.17, 15) is 4.79 Å². The van der Waals surface area contributed by atoms with Crippen molar-refractivity contribution in [3.8, 4) is 10.6 Å². The molecule has 1 fully saturated rings. The summed E-state index contributed by atoms with van der Waals surface area (Å²) in [5.41, 5.74) is 3.02. The van der Waals surface area contributed by atoms with E-state index in [1.807, 2.05) is 54.4 Å². The molecule has 5 heterocycles. The van der Waals surface area contributed by atoms with Gasteiger partial charge in [-0.25, -0.2) is 15.0 Å². The van der Waals surface area contributed by atoms with E-state index >= 15 is 0 Å². The topological polar surface area (TPSA) is 80.0 Å². The summed E-state index contributed by atoms with van der Waals surface area (Å²) < 4.78 is 2.44. The molecule has 0 saturated carbocycles. The summed E-state index contributed by atoms with van der Waals surface area (Å²) in [7, 11) is 1.87. The predicted molar refractivity (Wildman–Crippen MR) is 134 cm³/mol. The van der Waals surface area contributed by atoms with E-state index in [4.69, 9.17) is 16.6 Å². The van der Waals surface area contributed by atoms with E-state index in [1.54, 1.807) is 17.2 Å². The third-order valence-electron chi connectivity index (χ3n) is 6.15. The van der Waals surface area contributed by atoms with E-state index in [1.165, 1.54) is 11.3 Å². The van der Waals surface area contributed by atoms with Crippen LogP contribution in [0, 0.1) is 0 Å². The Kier molecular flexibility index (Phi) is 5.15. The van der Waals surface area contributed by atoms with Crippen LogP contribution in [0.3, 0.4) is 0 Å². The number of amides is 1. The number of benzene rings is 1. The highest BCUT2D eigenvalue weighted by atomic mass is 35.5. The average Bonchev–Trinajstić information content (AvgIpc) is 3.48. The number of nitrogens with zero attached hydrogens (tertiary/aromatic N) is 7. The number of piperazine rings is 1. The SMILES string of the molecule is Cn1ncc2c(N3CCN(C(=O)c4cc(-c5ccc(Cl)s5)nc5ccccc45)CC3)ncnc21. The van der Waals surface area contributed by atoms with Crippen molar-refractivity contribution in [2.24, 2.45) is 7.05 Å². The lowest BCUT2D eigenvalue weighted by Gasteiger charge is -2.35. The third-order valence-corrected chi connectivity index (χ3v) is 7.40. The minimum Gasteiger partial charge on any atom is -0.352 e. The minimum atomic E-state index is 0.0105. The highest BCUT2D eigenvalue weighted by Gasteiger charge is 2.26. The number of carbonyl (C=O) groups is 1. The fraction of sp³-hybridized carbons (Fsp3) is 0.208. The van der Waals surface area contributed by atoms with Crippen LogP contribution in [0.5, 0.6) is 0 Å². The molecule has 4 aromatic heterocycles. The number of hydrogen-bond donors (Lipinski definition) is 0. The molecule has 10 heteroatoms. The van der Waals surface area contributed by atoms with E-state index in [2.05, 4.69) is 20.0 Å². The second kappa shape index (κ2) is 8.34. The number of aryl methyl sites for hydroxylation is 1. The van der Waals surface area contributed by atoms with Crippen LogP contribution in [0.2, 0.25) is 4.34 Å². The summed E-state index contributed by atoms with van der Waals surface area (Å²) in [6.45, 7) is 2.56. The Morgan fingerprint density at radius 3 is 2.65 bits per heavy atom. The Bertz CT molecular complexity index is 1540. The zero-order valence-corrected chi connectivity index (χ0v) is 19.9. The Labute approximate surface area is 204 Å². The molecule has 1 saturated heterocycles. The molecule has 1 amide bonds. The smallest absolute Gasteiger partial charge is 0.254 e. The molecule has 5 aromatic rings. The number of halogens is 1. The highest BCUT2D eigenvalue weighted by molar-refractivity contribution is 7.19. The second-order valence-corrected chi connectivity index (χ2v) is 9.87. The lowest BCUT2D eigenvalue weighted by Crippen LogP contribution is -2.49. The van der Waals surface area contributed by atoms with E-state index in [-0.39, 0.29) is 5.91 Å². The van der Waals surface area contributed by atoms with E-state index < -0.39 is 0 Å². The third kappa shape index (κ3) is 3.57. The first-order valence-corrected chi connectivity index (χ1v) is 12.1. The van der Waals surface area contributed by atoms with Crippen LogP contribution in [0.4, 0.5) is 5.82 Å². The number of anilines is 1. The number of fused-ring (bicyclic) bond motifs is 2. The van der Waals surface area contributed by atoms with Crippen molar-refractivity contribution in [1.82, 2.24) is 29.6 Å². The van der Waals surface area contributed by atoms with Crippen molar-refractivity contribution in [2.45, 2.75) is 0 Å². The van der Waals surface area contributed by atoms with Crippen molar-refractivity contribution in [3.05, 3.63) is 64.9 Å². The van der Waals surface area contributed by atoms with Gasteiger partial charge in [0.05, 0.1) is 37.6 Å². The first-order chi connectivity index (χ1) is 16.6. The van der Waals surface area contributed by atoms with Gasteiger partial charge in [-0.05, 0) is 24.3 Å². The summed E-state index contributed by atoms with van der Waals surface area (Å²) in [5, 5.41) is 6.08. The molecule has 34 heavy (non-hydrogen) atoms. The number of rotatable bonds is 3. The van der Waals surface area contributed by atoms with Crippen molar-refractivity contribution in [3.63, 3.8) is 0 Å². The lowest BCUT2D eigenvalue weighted by atomic mass is 10.1. The molecule has 0 spiro atoms. The maximum absolute atomic E-state index is 13.7. The van der Waals surface area contributed by atoms with Crippen molar-refractivity contribution in [1.29, 1.82) is 0 Å². The van der Waals surface area contributed by atoms with Gasteiger partial charge in [0.15, 0.2) is 5.65 Å². The molecule has 1 aliphatic heterocycles. The van der Waals surface area contributed by atoms with Gasteiger partial charge in [-0.2, -0.15) is 5.10 Å². The molecule has 0 N–H and O–H groups in total. The molecule has 170 valence electrons. The Hall–Kier alpha value is -3.56. The normalized spacial score (nSPS) is 14.3. The van der Waals surface area contributed by atoms with Crippen LogP contribution < -0.4 is 4.90 Å². The van der Waals surface area contributed by atoms with Gasteiger partial charge in [0, 0.05) is 38.6 Å². The van der Waals surface area contributed by atoms with Crippen LogP contribution in [0.1, 0.15) is 10.4 Å². The molecule has 8 nitrogen and oxygen atoms in total. The molecular formula is C24H20ClN7OS. The maximum Gasteiger partial charge on any atom is 0.254 e. The fourth-order valence-corrected chi connectivity index (χ4v) is 5.43. The molecule has 0 aliphatic carbocycles. The summed E-state index contributed by atoms with van der Waals surface area (Å²) in [6, 6.07) is 13.5. The standard InChI is InChI=1S/C24H20ClN7OS/c1-30-22-17(13-28-30)23(27-14-26-22)31-8-10-32(11-9-31)24(33)16-12-19(20-6-7-21(25)34-20)29-18-5-3-2-4-15(16)18/h2-7,12-14H,8-11H2,1H3.